The zero-order chi connectivity index (χ0) is 13.0. The smallest absolute Gasteiger partial charge is 0.173 e. The standard InChI is InChI=1S/C15H16N2S/c1-3-10-16-15(18)17(2)14-9-8-12-6-4-5-7-13(12)11-14/h3-9,11H,1,10H2,2H3,(H,16,18). The second-order valence-corrected chi connectivity index (χ2v) is 4.45. The van der Waals surface area contributed by atoms with Gasteiger partial charge in [0.1, 0.15) is 0 Å². The molecule has 0 unspecified atom stereocenters. The first-order valence-corrected chi connectivity index (χ1v) is 6.24. The van der Waals surface area contributed by atoms with Gasteiger partial charge in [0.15, 0.2) is 5.11 Å². The Balaban J connectivity index is 2.24. The fourth-order valence-corrected chi connectivity index (χ4v) is 1.97. The lowest BCUT2D eigenvalue weighted by atomic mass is 10.1. The molecule has 0 saturated heterocycles. The number of hydrogen-bond donors (Lipinski definition) is 1. The summed E-state index contributed by atoms with van der Waals surface area (Å²) >= 11 is 5.31. The number of anilines is 1. The van der Waals surface area contributed by atoms with Crippen molar-refractivity contribution in [2.45, 2.75) is 0 Å². The summed E-state index contributed by atoms with van der Waals surface area (Å²) in [4.78, 5) is 1.96. The normalized spacial score (nSPS) is 10.1. The molecule has 18 heavy (non-hydrogen) atoms. The van der Waals surface area contributed by atoms with Gasteiger partial charge in [-0.05, 0) is 35.1 Å². The molecule has 0 saturated carbocycles. The molecule has 92 valence electrons. The molecule has 3 heteroatoms. The molecule has 1 N–H and O–H groups in total. The first kappa shape index (κ1) is 12.6. The van der Waals surface area contributed by atoms with Crippen LogP contribution in [-0.2, 0) is 0 Å². The van der Waals surface area contributed by atoms with Crippen LogP contribution in [0.1, 0.15) is 0 Å². The van der Waals surface area contributed by atoms with Crippen LogP contribution in [0.25, 0.3) is 10.8 Å². The number of nitrogens with one attached hydrogen (secondary N) is 1. The van der Waals surface area contributed by atoms with Gasteiger partial charge < -0.3 is 10.2 Å². The highest BCUT2D eigenvalue weighted by atomic mass is 32.1. The minimum Gasteiger partial charge on any atom is -0.359 e. The van der Waals surface area contributed by atoms with Gasteiger partial charge >= 0.3 is 0 Å². The van der Waals surface area contributed by atoms with Gasteiger partial charge in [-0.2, -0.15) is 0 Å². The van der Waals surface area contributed by atoms with Crippen molar-refractivity contribution in [1.29, 1.82) is 0 Å². The van der Waals surface area contributed by atoms with E-state index in [1.807, 2.05) is 24.1 Å². The van der Waals surface area contributed by atoms with Crippen LogP contribution in [0.5, 0.6) is 0 Å². The molecule has 2 nitrogen and oxygen atoms in total. The van der Waals surface area contributed by atoms with E-state index in [1.54, 1.807) is 6.08 Å². The van der Waals surface area contributed by atoms with Crippen LogP contribution in [0.3, 0.4) is 0 Å². The highest BCUT2D eigenvalue weighted by molar-refractivity contribution is 7.80. The molecule has 0 aliphatic rings. The molecule has 0 amide bonds. The molecule has 2 aromatic rings. The molecule has 0 fully saturated rings. The molecule has 0 aliphatic heterocycles. The second-order valence-electron chi connectivity index (χ2n) is 4.07. The fraction of sp³-hybridized carbons (Fsp3) is 0.133. The average molecular weight is 256 g/mol. The summed E-state index contributed by atoms with van der Waals surface area (Å²) in [5.41, 5.74) is 1.08. The van der Waals surface area contributed by atoms with Crippen LogP contribution in [0, 0.1) is 0 Å². The Morgan fingerprint density at radius 2 is 2.00 bits per heavy atom. The first-order chi connectivity index (χ1) is 8.72. The maximum absolute atomic E-state index is 5.31. The van der Waals surface area contributed by atoms with Crippen molar-refractivity contribution in [1.82, 2.24) is 5.32 Å². The predicted molar refractivity (Wildman–Crippen MR) is 83.1 cm³/mol. The van der Waals surface area contributed by atoms with Gasteiger partial charge in [0.05, 0.1) is 0 Å². The lowest BCUT2D eigenvalue weighted by molar-refractivity contribution is 1.02. The highest BCUT2D eigenvalue weighted by Crippen LogP contribution is 2.21. The minimum absolute atomic E-state index is 0.677. The Labute approximate surface area is 113 Å². The van der Waals surface area contributed by atoms with Crippen molar-refractivity contribution >= 4 is 33.8 Å². The lowest BCUT2D eigenvalue weighted by Gasteiger charge is -2.21. The molecule has 0 spiro atoms. The van der Waals surface area contributed by atoms with Crippen LogP contribution >= 0.6 is 12.2 Å². The Bertz CT molecular complexity index is 577. The van der Waals surface area contributed by atoms with Crippen molar-refractivity contribution in [3.63, 3.8) is 0 Å². The fourth-order valence-electron chi connectivity index (χ4n) is 1.78. The van der Waals surface area contributed by atoms with Gasteiger partial charge in [0.25, 0.3) is 0 Å². The van der Waals surface area contributed by atoms with E-state index in [1.165, 1.54) is 10.8 Å². The van der Waals surface area contributed by atoms with E-state index in [-0.39, 0.29) is 0 Å². The number of fused-ring (bicyclic) bond motifs is 1. The molecule has 0 atom stereocenters. The summed E-state index contributed by atoms with van der Waals surface area (Å²) in [6, 6.07) is 14.6. The Morgan fingerprint density at radius 1 is 1.28 bits per heavy atom. The van der Waals surface area contributed by atoms with Crippen LogP contribution in [0.15, 0.2) is 55.1 Å². The van der Waals surface area contributed by atoms with E-state index >= 15 is 0 Å². The molecule has 2 rings (SSSR count). The molecule has 0 aliphatic carbocycles. The van der Waals surface area contributed by atoms with E-state index in [0.29, 0.717) is 11.7 Å². The van der Waals surface area contributed by atoms with Crippen molar-refractivity contribution in [3.8, 4) is 0 Å². The number of benzene rings is 2. The monoisotopic (exact) mass is 256 g/mol. The number of hydrogen-bond acceptors (Lipinski definition) is 1. The van der Waals surface area contributed by atoms with E-state index in [0.717, 1.165) is 5.69 Å². The van der Waals surface area contributed by atoms with Crippen molar-refractivity contribution in [3.05, 3.63) is 55.1 Å². The Kier molecular flexibility index (Phi) is 3.95. The van der Waals surface area contributed by atoms with Crippen LogP contribution in [0.4, 0.5) is 5.69 Å². The topological polar surface area (TPSA) is 15.3 Å². The summed E-state index contributed by atoms with van der Waals surface area (Å²) < 4.78 is 0. The van der Waals surface area contributed by atoms with Gasteiger partial charge in [-0.25, -0.2) is 0 Å². The number of thiocarbonyl (C=S) groups is 1. The molecular weight excluding hydrogens is 240 g/mol. The molecule has 2 aromatic carbocycles. The number of rotatable bonds is 3. The van der Waals surface area contributed by atoms with Gasteiger partial charge in [-0.15, -0.1) is 6.58 Å². The van der Waals surface area contributed by atoms with Crippen LogP contribution in [0.2, 0.25) is 0 Å². The SMILES string of the molecule is C=CCNC(=S)N(C)c1ccc2ccccc2c1. The van der Waals surface area contributed by atoms with E-state index in [4.69, 9.17) is 12.2 Å². The van der Waals surface area contributed by atoms with Gasteiger partial charge in [-0.3, -0.25) is 0 Å². The maximum Gasteiger partial charge on any atom is 0.173 e. The largest absolute Gasteiger partial charge is 0.359 e. The predicted octanol–water partition coefficient (Wildman–Crippen LogP) is 3.34. The summed E-state index contributed by atoms with van der Waals surface area (Å²) in [7, 11) is 1.96. The summed E-state index contributed by atoms with van der Waals surface area (Å²) in [6.45, 7) is 4.34. The zero-order valence-electron chi connectivity index (χ0n) is 10.4. The molecule has 0 bridgehead atoms. The van der Waals surface area contributed by atoms with Crippen LogP contribution < -0.4 is 10.2 Å². The molecule has 0 heterocycles. The van der Waals surface area contributed by atoms with Crippen molar-refractivity contribution in [2.24, 2.45) is 0 Å². The van der Waals surface area contributed by atoms with E-state index in [2.05, 4.69) is 42.2 Å². The Hall–Kier alpha value is -1.87. The molecular formula is C15H16N2S. The number of nitrogens with zero attached hydrogens (tertiary/aromatic N) is 1. The van der Waals surface area contributed by atoms with Crippen LogP contribution in [-0.4, -0.2) is 18.7 Å². The molecule has 0 aromatic heterocycles. The third kappa shape index (κ3) is 2.68. The van der Waals surface area contributed by atoms with Crippen molar-refractivity contribution < 1.29 is 0 Å². The summed E-state index contributed by atoms with van der Waals surface area (Å²) in [6.07, 6.45) is 1.79. The van der Waals surface area contributed by atoms with Gasteiger partial charge in [-0.1, -0.05) is 36.4 Å². The molecule has 0 radical (unpaired) electrons. The first-order valence-electron chi connectivity index (χ1n) is 5.83. The Morgan fingerprint density at radius 3 is 2.72 bits per heavy atom. The van der Waals surface area contributed by atoms with Crippen molar-refractivity contribution in [2.75, 3.05) is 18.5 Å². The maximum atomic E-state index is 5.31. The quantitative estimate of drug-likeness (QED) is 0.670. The third-order valence-corrected chi connectivity index (χ3v) is 3.24. The minimum atomic E-state index is 0.677. The lowest BCUT2D eigenvalue weighted by Crippen LogP contribution is -2.36. The average Bonchev–Trinajstić information content (AvgIpc) is 2.43. The second kappa shape index (κ2) is 5.65. The zero-order valence-corrected chi connectivity index (χ0v) is 11.2. The van der Waals surface area contributed by atoms with Gasteiger partial charge in [0, 0.05) is 19.3 Å². The summed E-state index contributed by atoms with van der Waals surface area (Å²) in [5.74, 6) is 0. The van der Waals surface area contributed by atoms with E-state index in [9.17, 15) is 0 Å². The summed E-state index contributed by atoms with van der Waals surface area (Å²) in [5, 5.41) is 6.27. The van der Waals surface area contributed by atoms with E-state index < -0.39 is 0 Å². The third-order valence-electron chi connectivity index (χ3n) is 2.82. The van der Waals surface area contributed by atoms with Gasteiger partial charge in [0.2, 0.25) is 0 Å². The highest BCUT2D eigenvalue weighted by Gasteiger charge is 2.06.